The Morgan fingerprint density at radius 2 is 1.39 bits per heavy atom. The molecule has 1 saturated heterocycles. The highest BCUT2D eigenvalue weighted by Crippen LogP contribution is 2.19. The number of anilines is 1. The number of nitrogens with zero attached hydrogens (tertiary/aromatic N) is 1. The second kappa shape index (κ2) is 9.39. The summed E-state index contributed by atoms with van der Waals surface area (Å²) in [5, 5.41) is 2.95. The van der Waals surface area contributed by atoms with Gasteiger partial charge in [0.2, 0.25) is 11.8 Å². The van der Waals surface area contributed by atoms with Crippen molar-refractivity contribution >= 4 is 23.4 Å². The number of nitrogens with one attached hydrogen (secondary N) is 1. The van der Waals surface area contributed by atoms with Crippen LogP contribution in [-0.2, 0) is 29.0 Å². The van der Waals surface area contributed by atoms with Crippen LogP contribution in [0.25, 0.3) is 0 Å². The molecule has 0 aliphatic carbocycles. The van der Waals surface area contributed by atoms with Crippen molar-refractivity contribution in [3.05, 3.63) is 101 Å². The van der Waals surface area contributed by atoms with E-state index in [-0.39, 0.29) is 37.1 Å². The largest absolute Gasteiger partial charge is 0.322 e. The molecule has 3 aromatic rings. The minimum absolute atomic E-state index is 0.130. The molecule has 0 unspecified atom stereocenters. The van der Waals surface area contributed by atoms with Gasteiger partial charge in [-0.25, -0.2) is 0 Å². The van der Waals surface area contributed by atoms with Crippen LogP contribution in [-0.4, -0.2) is 22.6 Å². The van der Waals surface area contributed by atoms with Gasteiger partial charge in [-0.3, -0.25) is 19.3 Å². The number of imide groups is 1. The number of hydrogen-bond acceptors (Lipinski definition) is 3. The Kier molecular flexibility index (Phi) is 6.22. The van der Waals surface area contributed by atoms with Gasteiger partial charge >= 0.3 is 0 Å². The maximum atomic E-state index is 12.9. The normalized spacial score (nSPS) is 13.5. The molecule has 0 aromatic heterocycles. The predicted molar refractivity (Wildman–Crippen MR) is 119 cm³/mol. The zero-order valence-electron chi connectivity index (χ0n) is 17.2. The number of carbonyl (C=O) groups is 3. The number of aryl methyl sites for hydroxylation is 2. The third kappa shape index (κ3) is 5.07. The van der Waals surface area contributed by atoms with Crippen LogP contribution in [0.4, 0.5) is 5.69 Å². The van der Waals surface area contributed by atoms with Crippen LogP contribution in [0, 0.1) is 0 Å². The number of rotatable bonds is 7. The Morgan fingerprint density at radius 3 is 2.10 bits per heavy atom. The molecule has 156 valence electrons. The molecule has 3 amide bonds. The summed E-state index contributed by atoms with van der Waals surface area (Å²) < 4.78 is 0. The Hall–Kier alpha value is -3.73. The molecule has 1 heterocycles. The van der Waals surface area contributed by atoms with Crippen LogP contribution in [0.2, 0.25) is 0 Å². The van der Waals surface area contributed by atoms with Gasteiger partial charge in [-0.1, -0.05) is 60.7 Å². The lowest BCUT2D eigenvalue weighted by Gasteiger charge is -2.14. The maximum Gasteiger partial charge on any atom is 0.255 e. The van der Waals surface area contributed by atoms with Gasteiger partial charge in [-0.15, -0.1) is 0 Å². The Labute approximate surface area is 181 Å². The van der Waals surface area contributed by atoms with E-state index in [1.165, 1.54) is 10.5 Å². The maximum absolute atomic E-state index is 12.9. The molecule has 1 fully saturated rings. The lowest BCUT2D eigenvalue weighted by Crippen LogP contribution is -2.28. The van der Waals surface area contributed by atoms with Crippen LogP contribution >= 0.6 is 0 Å². The first-order valence-electron chi connectivity index (χ1n) is 10.5. The standard InChI is InChI=1S/C26H24N2O3/c29-24-16-17-25(30)28(24)18-20-11-14-22(15-12-20)27-26(31)23-9-5-4-8-21(23)13-10-19-6-2-1-3-7-19/h1-9,11-12,14-15H,10,13,16-18H2,(H,27,31). The number of amides is 3. The molecule has 31 heavy (non-hydrogen) atoms. The second-order valence-electron chi connectivity index (χ2n) is 7.67. The van der Waals surface area contributed by atoms with E-state index in [0.717, 1.165) is 24.0 Å². The molecule has 0 radical (unpaired) electrons. The Balaban J connectivity index is 1.40. The fourth-order valence-corrected chi connectivity index (χ4v) is 3.76. The fraction of sp³-hybridized carbons (Fsp3) is 0.192. The van der Waals surface area contributed by atoms with Crippen molar-refractivity contribution in [2.24, 2.45) is 0 Å². The monoisotopic (exact) mass is 412 g/mol. The van der Waals surface area contributed by atoms with Crippen molar-refractivity contribution in [1.82, 2.24) is 4.90 Å². The van der Waals surface area contributed by atoms with Crippen molar-refractivity contribution in [3.63, 3.8) is 0 Å². The van der Waals surface area contributed by atoms with Crippen molar-refractivity contribution < 1.29 is 14.4 Å². The predicted octanol–water partition coefficient (Wildman–Crippen LogP) is 4.37. The number of benzene rings is 3. The average Bonchev–Trinajstić information content (AvgIpc) is 3.12. The average molecular weight is 412 g/mol. The first-order valence-corrected chi connectivity index (χ1v) is 10.5. The summed E-state index contributed by atoms with van der Waals surface area (Å²) in [5.41, 5.74) is 4.43. The second-order valence-corrected chi connectivity index (χ2v) is 7.67. The number of carbonyl (C=O) groups excluding carboxylic acids is 3. The molecular weight excluding hydrogens is 388 g/mol. The number of likely N-dealkylation sites (tertiary alicyclic amines) is 1. The molecule has 3 aromatic carbocycles. The van der Waals surface area contributed by atoms with Crippen molar-refractivity contribution in [2.45, 2.75) is 32.2 Å². The summed E-state index contributed by atoms with van der Waals surface area (Å²) >= 11 is 0. The summed E-state index contributed by atoms with van der Waals surface area (Å²) in [6.45, 7) is 0.272. The van der Waals surface area contributed by atoms with Gasteiger partial charge in [0, 0.05) is 24.1 Å². The van der Waals surface area contributed by atoms with E-state index in [1.807, 2.05) is 54.6 Å². The molecule has 4 rings (SSSR count). The van der Waals surface area contributed by atoms with Crippen LogP contribution in [0.1, 0.15) is 39.9 Å². The lowest BCUT2D eigenvalue weighted by molar-refractivity contribution is -0.139. The SMILES string of the molecule is O=C(Nc1ccc(CN2C(=O)CCC2=O)cc1)c1ccccc1CCc1ccccc1. The van der Waals surface area contributed by atoms with Gasteiger partial charge in [-0.2, -0.15) is 0 Å². The highest BCUT2D eigenvalue weighted by Gasteiger charge is 2.28. The third-order valence-electron chi connectivity index (χ3n) is 5.50. The molecule has 1 N–H and O–H groups in total. The molecule has 5 nitrogen and oxygen atoms in total. The van der Waals surface area contributed by atoms with Crippen LogP contribution in [0.3, 0.4) is 0 Å². The van der Waals surface area contributed by atoms with E-state index in [1.54, 1.807) is 12.1 Å². The van der Waals surface area contributed by atoms with E-state index in [0.29, 0.717) is 11.3 Å². The lowest BCUT2D eigenvalue weighted by atomic mass is 9.99. The smallest absolute Gasteiger partial charge is 0.255 e. The van der Waals surface area contributed by atoms with Crippen molar-refractivity contribution in [1.29, 1.82) is 0 Å². The molecule has 0 bridgehead atoms. The van der Waals surface area contributed by atoms with E-state index >= 15 is 0 Å². The highest BCUT2D eigenvalue weighted by molar-refractivity contribution is 6.05. The van der Waals surface area contributed by atoms with Gasteiger partial charge in [0.1, 0.15) is 0 Å². The van der Waals surface area contributed by atoms with E-state index in [4.69, 9.17) is 0 Å². The molecule has 1 aliphatic heterocycles. The Morgan fingerprint density at radius 1 is 0.742 bits per heavy atom. The summed E-state index contributed by atoms with van der Waals surface area (Å²) in [5.74, 6) is -0.412. The Bertz CT molecular complexity index is 1080. The van der Waals surface area contributed by atoms with Crippen molar-refractivity contribution in [2.75, 3.05) is 5.32 Å². The number of hydrogen-bond donors (Lipinski definition) is 1. The first kappa shape index (κ1) is 20.5. The van der Waals surface area contributed by atoms with Crippen LogP contribution in [0.15, 0.2) is 78.9 Å². The molecule has 5 heteroatoms. The summed E-state index contributed by atoms with van der Waals surface area (Å²) in [6, 6.07) is 25.1. The van der Waals surface area contributed by atoms with Gasteiger partial charge in [0.25, 0.3) is 5.91 Å². The third-order valence-corrected chi connectivity index (χ3v) is 5.50. The van der Waals surface area contributed by atoms with Crippen LogP contribution in [0.5, 0.6) is 0 Å². The first-order chi connectivity index (χ1) is 15.1. The fourth-order valence-electron chi connectivity index (χ4n) is 3.76. The van der Waals surface area contributed by atoms with E-state index < -0.39 is 0 Å². The minimum Gasteiger partial charge on any atom is -0.322 e. The van der Waals surface area contributed by atoms with Gasteiger partial charge in [-0.05, 0) is 47.7 Å². The summed E-state index contributed by atoms with van der Waals surface area (Å²) in [7, 11) is 0. The molecule has 0 spiro atoms. The minimum atomic E-state index is -0.152. The highest BCUT2D eigenvalue weighted by atomic mass is 16.2. The molecule has 1 aliphatic rings. The zero-order valence-corrected chi connectivity index (χ0v) is 17.2. The van der Waals surface area contributed by atoms with Crippen molar-refractivity contribution in [3.8, 4) is 0 Å². The van der Waals surface area contributed by atoms with Gasteiger partial charge in [0.15, 0.2) is 0 Å². The topological polar surface area (TPSA) is 66.5 Å². The van der Waals surface area contributed by atoms with Crippen LogP contribution < -0.4 is 5.32 Å². The van der Waals surface area contributed by atoms with E-state index in [9.17, 15) is 14.4 Å². The molecule has 0 saturated carbocycles. The van der Waals surface area contributed by atoms with Gasteiger partial charge < -0.3 is 5.32 Å². The molecular formula is C26H24N2O3. The summed E-state index contributed by atoms with van der Waals surface area (Å²) in [6.07, 6.45) is 2.23. The zero-order chi connectivity index (χ0) is 21.6. The van der Waals surface area contributed by atoms with E-state index in [2.05, 4.69) is 17.4 Å². The summed E-state index contributed by atoms with van der Waals surface area (Å²) in [4.78, 5) is 37.7. The van der Waals surface area contributed by atoms with Gasteiger partial charge in [0.05, 0.1) is 6.54 Å². The molecule has 0 atom stereocenters. The quantitative estimate of drug-likeness (QED) is 0.586.